The van der Waals surface area contributed by atoms with Crippen molar-refractivity contribution in [3.8, 4) is 5.75 Å². The van der Waals surface area contributed by atoms with E-state index < -0.39 is 0 Å². The highest BCUT2D eigenvalue weighted by Crippen LogP contribution is 2.22. The average Bonchev–Trinajstić information content (AvgIpc) is 2.17. The normalized spacial score (nSPS) is 12.6. The minimum atomic E-state index is 0.370. The summed E-state index contributed by atoms with van der Waals surface area (Å²) in [6.07, 6.45) is 0. The molecule has 0 heterocycles. The van der Waals surface area contributed by atoms with Gasteiger partial charge in [-0.1, -0.05) is 12.1 Å². The van der Waals surface area contributed by atoms with Gasteiger partial charge in [0.2, 0.25) is 0 Å². The van der Waals surface area contributed by atoms with Crippen molar-refractivity contribution < 1.29 is 4.74 Å². The van der Waals surface area contributed by atoms with Gasteiger partial charge in [0.1, 0.15) is 5.75 Å². The maximum atomic E-state index is 5.25. The molecule has 0 aliphatic rings. The smallest absolute Gasteiger partial charge is 0.122 e. The van der Waals surface area contributed by atoms with E-state index in [9.17, 15) is 0 Å². The van der Waals surface area contributed by atoms with Crippen LogP contribution in [0.3, 0.4) is 0 Å². The highest BCUT2D eigenvalue weighted by molar-refractivity contribution is 5.37. The van der Waals surface area contributed by atoms with Crippen molar-refractivity contribution in [1.82, 2.24) is 5.32 Å². The summed E-state index contributed by atoms with van der Waals surface area (Å²) in [5.41, 5.74) is 2.43. The number of benzene rings is 1. The van der Waals surface area contributed by atoms with Gasteiger partial charge in [0.25, 0.3) is 0 Å². The Morgan fingerprint density at radius 2 is 2.08 bits per heavy atom. The molecule has 0 radical (unpaired) electrons. The molecule has 72 valence electrons. The summed E-state index contributed by atoms with van der Waals surface area (Å²) in [7, 11) is 3.66. The van der Waals surface area contributed by atoms with Crippen LogP contribution in [0.15, 0.2) is 18.2 Å². The number of hydrogen-bond donors (Lipinski definition) is 1. The number of methoxy groups -OCH3 is 1. The number of hydrogen-bond acceptors (Lipinski definition) is 2. The third-order valence-electron chi connectivity index (χ3n) is 2.37. The molecule has 1 N–H and O–H groups in total. The van der Waals surface area contributed by atoms with E-state index in [4.69, 9.17) is 4.74 Å². The van der Waals surface area contributed by atoms with Crippen LogP contribution in [0.4, 0.5) is 0 Å². The predicted octanol–water partition coefficient (Wildman–Crippen LogP) is 2.28. The molecule has 0 aliphatic carbocycles. The van der Waals surface area contributed by atoms with Gasteiger partial charge in [-0.2, -0.15) is 0 Å². The maximum absolute atomic E-state index is 5.25. The van der Waals surface area contributed by atoms with Gasteiger partial charge in [0, 0.05) is 6.04 Å². The molecule has 13 heavy (non-hydrogen) atoms. The molecule has 0 spiro atoms. The second kappa shape index (κ2) is 4.28. The monoisotopic (exact) mass is 179 g/mol. The fraction of sp³-hybridized carbons (Fsp3) is 0.455. The summed E-state index contributed by atoms with van der Waals surface area (Å²) >= 11 is 0. The standard InChI is InChI=1S/C11H17NO/c1-8-5-6-10(9(2)12-3)7-11(8)13-4/h5-7,9,12H,1-4H3/t9-/m1/s1. The zero-order chi connectivity index (χ0) is 9.84. The highest BCUT2D eigenvalue weighted by atomic mass is 16.5. The molecule has 2 nitrogen and oxygen atoms in total. The van der Waals surface area contributed by atoms with Crippen LogP contribution in [-0.2, 0) is 0 Å². The van der Waals surface area contributed by atoms with E-state index in [0.29, 0.717) is 6.04 Å². The van der Waals surface area contributed by atoms with E-state index in [0.717, 1.165) is 5.75 Å². The van der Waals surface area contributed by atoms with Crippen molar-refractivity contribution in [1.29, 1.82) is 0 Å². The number of ether oxygens (including phenoxy) is 1. The molecule has 1 rings (SSSR count). The number of aryl methyl sites for hydroxylation is 1. The Balaban J connectivity index is 2.99. The first-order valence-corrected chi connectivity index (χ1v) is 4.51. The van der Waals surface area contributed by atoms with Crippen LogP contribution in [-0.4, -0.2) is 14.2 Å². The summed E-state index contributed by atoms with van der Waals surface area (Å²) in [6.45, 7) is 4.18. The molecule has 0 amide bonds. The zero-order valence-electron chi connectivity index (χ0n) is 8.72. The minimum absolute atomic E-state index is 0.370. The van der Waals surface area contributed by atoms with E-state index in [2.05, 4.69) is 30.4 Å². The maximum Gasteiger partial charge on any atom is 0.122 e. The zero-order valence-corrected chi connectivity index (χ0v) is 8.72. The summed E-state index contributed by atoms with van der Waals surface area (Å²) in [6, 6.07) is 6.66. The SMILES string of the molecule is CN[C@H](C)c1ccc(C)c(OC)c1. The lowest BCUT2D eigenvalue weighted by molar-refractivity contribution is 0.410. The Bertz CT molecular complexity index is 283. The van der Waals surface area contributed by atoms with Gasteiger partial charge in [-0.25, -0.2) is 0 Å². The van der Waals surface area contributed by atoms with Gasteiger partial charge >= 0.3 is 0 Å². The van der Waals surface area contributed by atoms with Gasteiger partial charge in [0.15, 0.2) is 0 Å². The van der Waals surface area contributed by atoms with Crippen LogP contribution in [0.5, 0.6) is 5.75 Å². The molecule has 1 aromatic carbocycles. The van der Waals surface area contributed by atoms with Gasteiger partial charge < -0.3 is 10.1 Å². The third kappa shape index (κ3) is 2.22. The number of rotatable bonds is 3. The Labute approximate surface area is 79.9 Å². The second-order valence-corrected chi connectivity index (χ2v) is 3.24. The van der Waals surface area contributed by atoms with Crippen LogP contribution in [0, 0.1) is 6.92 Å². The lowest BCUT2D eigenvalue weighted by Gasteiger charge is -2.13. The fourth-order valence-electron chi connectivity index (χ4n) is 1.27. The lowest BCUT2D eigenvalue weighted by Crippen LogP contribution is -2.12. The Morgan fingerprint density at radius 1 is 1.38 bits per heavy atom. The lowest BCUT2D eigenvalue weighted by atomic mass is 10.1. The van der Waals surface area contributed by atoms with E-state index in [1.54, 1.807) is 7.11 Å². The van der Waals surface area contributed by atoms with Crippen molar-refractivity contribution >= 4 is 0 Å². The topological polar surface area (TPSA) is 21.3 Å². The van der Waals surface area contributed by atoms with Gasteiger partial charge in [-0.15, -0.1) is 0 Å². The molecule has 0 fully saturated rings. The fourth-order valence-corrected chi connectivity index (χ4v) is 1.27. The van der Waals surface area contributed by atoms with Crippen molar-refractivity contribution in [3.05, 3.63) is 29.3 Å². The molecule has 0 aromatic heterocycles. The molecule has 0 saturated heterocycles. The molecular weight excluding hydrogens is 162 g/mol. The molecule has 1 aromatic rings. The summed E-state index contributed by atoms with van der Waals surface area (Å²) < 4.78 is 5.25. The Hall–Kier alpha value is -1.02. The van der Waals surface area contributed by atoms with Crippen molar-refractivity contribution in [2.45, 2.75) is 19.9 Å². The van der Waals surface area contributed by atoms with Crippen LogP contribution in [0.2, 0.25) is 0 Å². The molecule has 0 unspecified atom stereocenters. The molecule has 1 atom stereocenters. The van der Waals surface area contributed by atoms with Gasteiger partial charge in [-0.05, 0) is 38.1 Å². The van der Waals surface area contributed by atoms with E-state index in [1.807, 2.05) is 14.0 Å². The first-order chi connectivity index (χ1) is 6.19. The summed E-state index contributed by atoms with van der Waals surface area (Å²) in [5.74, 6) is 0.958. The largest absolute Gasteiger partial charge is 0.496 e. The first kappa shape index (κ1) is 10.1. The molecule has 2 heteroatoms. The quantitative estimate of drug-likeness (QED) is 0.768. The average molecular weight is 179 g/mol. The Morgan fingerprint density at radius 3 is 2.62 bits per heavy atom. The van der Waals surface area contributed by atoms with Gasteiger partial charge in [0.05, 0.1) is 7.11 Å². The number of nitrogens with one attached hydrogen (secondary N) is 1. The molecule has 0 saturated carbocycles. The summed E-state index contributed by atoms with van der Waals surface area (Å²) in [4.78, 5) is 0. The van der Waals surface area contributed by atoms with E-state index >= 15 is 0 Å². The van der Waals surface area contributed by atoms with Crippen LogP contribution < -0.4 is 10.1 Å². The minimum Gasteiger partial charge on any atom is -0.496 e. The van der Waals surface area contributed by atoms with Crippen molar-refractivity contribution in [2.75, 3.05) is 14.2 Å². The first-order valence-electron chi connectivity index (χ1n) is 4.51. The highest BCUT2D eigenvalue weighted by Gasteiger charge is 2.04. The van der Waals surface area contributed by atoms with Gasteiger partial charge in [-0.3, -0.25) is 0 Å². The summed E-state index contributed by atoms with van der Waals surface area (Å²) in [5, 5.41) is 3.20. The molecular formula is C11H17NO. The van der Waals surface area contributed by atoms with E-state index in [1.165, 1.54) is 11.1 Å². The van der Waals surface area contributed by atoms with Crippen molar-refractivity contribution in [2.24, 2.45) is 0 Å². The molecule has 0 bridgehead atoms. The van der Waals surface area contributed by atoms with Crippen molar-refractivity contribution in [3.63, 3.8) is 0 Å². The Kier molecular flexibility index (Phi) is 3.32. The third-order valence-corrected chi connectivity index (χ3v) is 2.37. The van der Waals surface area contributed by atoms with Crippen LogP contribution in [0.25, 0.3) is 0 Å². The predicted molar refractivity (Wildman–Crippen MR) is 55.2 cm³/mol. The molecule has 0 aliphatic heterocycles. The van der Waals surface area contributed by atoms with Crippen LogP contribution >= 0.6 is 0 Å². The van der Waals surface area contributed by atoms with E-state index in [-0.39, 0.29) is 0 Å². The second-order valence-electron chi connectivity index (χ2n) is 3.24. The van der Waals surface area contributed by atoms with Crippen LogP contribution in [0.1, 0.15) is 24.1 Å².